The monoisotopic (exact) mass is 292 g/mol. The van der Waals surface area contributed by atoms with E-state index in [1.54, 1.807) is 6.08 Å². The molecule has 0 bridgehead atoms. The van der Waals surface area contributed by atoms with Crippen molar-refractivity contribution in [3.63, 3.8) is 0 Å². The van der Waals surface area contributed by atoms with E-state index >= 15 is 0 Å². The van der Waals surface area contributed by atoms with E-state index in [9.17, 15) is 18.2 Å². The summed E-state index contributed by atoms with van der Waals surface area (Å²) in [6.07, 6.45) is 1.61. The fourth-order valence-electron chi connectivity index (χ4n) is 1.98. The lowest BCUT2D eigenvalue weighted by Crippen LogP contribution is -2.01. The van der Waals surface area contributed by atoms with Crippen molar-refractivity contribution < 1.29 is 18.2 Å². The molecule has 0 spiro atoms. The summed E-state index contributed by atoms with van der Waals surface area (Å²) >= 11 is 5.54. The predicted molar refractivity (Wildman–Crippen MR) is 67.0 cm³/mol. The molecule has 1 fully saturated rings. The minimum absolute atomic E-state index is 0.0360. The molecule has 2 nitrogen and oxygen atoms in total. The van der Waals surface area contributed by atoms with Crippen LogP contribution in [0.2, 0.25) is 5.02 Å². The molecule has 1 aromatic rings. The van der Waals surface area contributed by atoms with Crippen LogP contribution in [0.5, 0.6) is 0 Å². The van der Waals surface area contributed by atoms with Gasteiger partial charge < -0.3 is 4.89 Å². The van der Waals surface area contributed by atoms with Crippen molar-refractivity contribution in [3.8, 4) is 0 Å². The van der Waals surface area contributed by atoms with Crippen LogP contribution in [-0.4, -0.2) is 10.6 Å². The van der Waals surface area contributed by atoms with Crippen molar-refractivity contribution >= 4 is 19.0 Å². The van der Waals surface area contributed by atoms with Crippen LogP contribution in [0, 0.1) is 17.6 Å². The lowest BCUT2D eigenvalue weighted by Gasteiger charge is -2.13. The molecule has 1 unspecified atom stereocenters. The van der Waals surface area contributed by atoms with E-state index in [1.165, 1.54) is 0 Å². The zero-order valence-corrected chi connectivity index (χ0v) is 11.1. The van der Waals surface area contributed by atoms with Gasteiger partial charge in [0, 0.05) is 11.2 Å². The van der Waals surface area contributed by atoms with Crippen molar-refractivity contribution in [2.24, 2.45) is 5.92 Å². The van der Waals surface area contributed by atoms with Crippen LogP contribution in [0.1, 0.15) is 12.0 Å². The Labute approximate surface area is 109 Å². The Kier molecular flexibility index (Phi) is 3.63. The highest BCUT2D eigenvalue weighted by molar-refractivity contribution is 7.58. The predicted octanol–water partition coefficient (Wildman–Crippen LogP) is 3.96. The third-order valence-electron chi connectivity index (χ3n) is 3.15. The van der Waals surface area contributed by atoms with Crippen molar-refractivity contribution in [1.82, 2.24) is 0 Å². The van der Waals surface area contributed by atoms with Gasteiger partial charge in [0.1, 0.15) is 11.6 Å². The molecule has 2 rings (SSSR count). The van der Waals surface area contributed by atoms with E-state index in [-0.39, 0.29) is 10.9 Å². The summed E-state index contributed by atoms with van der Waals surface area (Å²) in [7, 11) is -3.63. The van der Waals surface area contributed by atoms with Crippen molar-refractivity contribution in [2.75, 3.05) is 0 Å². The molecule has 1 aliphatic carbocycles. The maximum Gasteiger partial charge on any atom is 0.208 e. The Morgan fingerprint density at radius 1 is 1.56 bits per heavy atom. The SMILES string of the molecule is C=C[C@@H]1C[C@@H]1P(=O)(O)Cc1c(F)ccc(Cl)c1F. The van der Waals surface area contributed by atoms with Crippen LogP contribution in [0.15, 0.2) is 24.8 Å². The summed E-state index contributed by atoms with van der Waals surface area (Å²) in [4.78, 5) is 9.88. The van der Waals surface area contributed by atoms with Gasteiger partial charge in [-0.05, 0) is 24.5 Å². The van der Waals surface area contributed by atoms with Crippen molar-refractivity contribution in [1.29, 1.82) is 0 Å². The second-order valence-electron chi connectivity index (χ2n) is 4.44. The van der Waals surface area contributed by atoms with Crippen molar-refractivity contribution in [3.05, 3.63) is 47.0 Å². The normalized spacial score (nSPS) is 25.6. The molecule has 0 aliphatic heterocycles. The van der Waals surface area contributed by atoms with Gasteiger partial charge in [0.2, 0.25) is 7.37 Å². The molecule has 1 aliphatic rings. The maximum atomic E-state index is 13.6. The number of allylic oxidation sites excluding steroid dienone is 1. The lowest BCUT2D eigenvalue weighted by atomic mass is 10.2. The summed E-state index contributed by atoms with van der Waals surface area (Å²) in [6, 6.07) is 2.08. The molecule has 0 radical (unpaired) electrons. The summed E-state index contributed by atoms with van der Waals surface area (Å²) < 4.78 is 39.2. The molecule has 0 amide bonds. The Hall–Kier alpha value is -0.700. The Balaban J connectivity index is 2.27. The third-order valence-corrected chi connectivity index (χ3v) is 5.84. The molecule has 1 saturated carbocycles. The lowest BCUT2D eigenvalue weighted by molar-refractivity contribution is 0.469. The van der Waals surface area contributed by atoms with Gasteiger partial charge >= 0.3 is 0 Å². The molecule has 6 heteroatoms. The number of hydrogen-bond donors (Lipinski definition) is 1. The topological polar surface area (TPSA) is 37.3 Å². The highest BCUT2D eigenvalue weighted by Gasteiger charge is 2.48. The molecule has 98 valence electrons. The zero-order valence-electron chi connectivity index (χ0n) is 9.44. The van der Waals surface area contributed by atoms with Crippen molar-refractivity contribution in [2.45, 2.75) is 18.2 Å². The summed E-state index contributed by atoms with van der Waals surface area (Å²) in [5, 5.41) is -0.248. The summed E-state index contributed by atoms with van der Waals surface area (Å²) in [6.45, 7) is 3.54. The molecule has 18 heavy (non-hydrogen) atoms. The number of benzene rings is 1. The minimum Gasteiger partial charge on any atom is -0.344 e. The highest BCUT2D eigenvalue weighted by Crippen LogP contribution is 2.63. The molecular weight excluding hydrogens is 281 g/mol. The first-order valence-electron chi connectivity index (χ1n) is 5.43. The highest BCUT2D eigenvalue weighted by atomic mass is 35.5. The van der Waals surface area contributed by atoms with E-state index in [1.807, 2.05) is 0 Å². The standard InChI is InChI=1S/C12H12ClF2O2P/c1-2-7-5-11(7)18(16,17)6-8-10(14)4-3-9(13)12(8)15/h2-4,7,11H,1,5-6H2,(H,16,17)/t7-,11+/m1/s1. The average molecular weight is 293 g/mol. The van der Waals surface area contributed by atoms with Crippen LogP contribution < -0.4 is 0 Å². The van der Waals surface area contributed by atoms with E-state index in [0.717, 1.165) is 12.1 Å². The van der Waals surface area contributed by atoms with E-state index < -0.39 is 36.4 Å². The molecule has 1 aromatic carbocycles. The van der Waals surface area contributed by atoms with Crippen LogP contribution in [0.4, 0.5) is 8.78 Å². The Morgan fingerprint density at radius 3 is 2.78 bits per heavy atom. The van der Waals surface area contributed by atoms with Gasteiger partial charge in [-0.15, -0.1) is 6.58 Å². The fourth-order valence-corrected chi connectivity index (χ4v) is 4.42. The first kappa shape index (κ1) is 13.7. The summed E-state index contributed by atoms with van der Waals surface area (Å²) in [5.41, 5.74) is -0.851. The van der Waals surface area contributed by atoms with Crippen LogP contribution in [0.3, 0.4) is 0 Å². The second-order valence-corrected chi connectivity index (χ2v) is 7.34. The molecule has 0 heterocycles. The van der Waals surface area contributed by atoms with Crippen LogP contribution in [-0.2, 0) is 10.7 Å². The molecular formula is C12H12ClF2O2P. The molecule has 0 saturated heterocycles. The Morgan fingerprint density at radius 2 is 2.22 bits per heavy atom. The zero-order chi connectivity index (χ0) is 13.5. The minimum atomic E-state index is -3.63. The van der Waals surface area contributed by atoms with Gasteiger partial charge in [-0.1, -0.05) is 17.7 Å². The van der Waals surface area contributed by atoms with Gasteiger partial charge in [0.15, 0.2) is 0 Å². The van der Waals surface area contributed by atoms with Gasteiger partial charge in [0.25, 0.3) is 0 Å². The smallest absolute Gasteiger partial charge is 0.208 e. The van der Waals surface area contributed by atoms with Crippen LogP contribution >= 0.6 is 19.0 Å². The van der Waals surface area contributed by atoms with Gasteiger partial charge in [-0.3, -0.25) is 4.57 Å². The Bertz CT molecular complexity index is 547. The maximum absolute atomic E-state index is 13.6. The molecule has 1 N–H and O–H groups in total. The first-order chi connectivity index (χ1) is 8.36. The average Bonchev–Trinajstić information content (AvgIpc) is 3.10. The number of hydrogen-bond acceptors (Lipinski definition) is 1. The first-order valence-corrected chi connectivity index (χ1v) is 7.72. The van der Waals surface area contributed by atoms with Gasteiger partial charge in [-0.25, -0.2) is 8.78 Å². The molecule has 3 atom stereocenters. The van der Waals surface area contributed by atoms with E-state index in [4.69, 9.17) is 11.6 Å². The second kappa shape index (κ2) is 4.76. The quantitative estimate of drug-likeness (QED) is 0.518. The third kappa shape index (κ3) is 2.51. The van der Waals surface area contributed by atoms with Crippen LogP contribution in [0.25, 0.3) is 0 Å². The van der Waals surface area contributed by atoms with E-state index in [0.29, 0.717) is 6.42 Å². The summed E-state index contributed by atoms with van der Waals surface area (Å²) in [5.74, 6) is -1.84. The fraction of sp³-hybridized carbons (Fsp3) is 0.333. The molecule has 0 aromatic heterocycles. The van der Waals surface area contributed by atoms with E-state index in [2.05, 4.69) is 6.58 Å². The van der Waals surface area contributed by atoms with Gasteiger partial charge in [-0.2, -0.15) is 0 Å². The number of halogens is 3. The number of rotatable bonds is 4. The van der Waals surface area contributed by atoms with Gasteiger partial charge in [0.05, 0.1) is 11.2 Å². The largest absolute Gasteiger partial charge is 0.344 e.